The van der Waals surface area contributed by atoms with Crippen molar-refractivity contribution in [3.05, 3.63) is 65.2 Å². The molecule has 0 radical (unpaired) electrons. The minimum atomic E-state index is -0.0562. The number of carbonyl (C=O) groups is 1. The average molecular weight is 411 g/mol. The Labute approximate surface area is 180 Å². The SMILES string of the molecule is CCCC(=O)N1CCN(CC(OCc2ccc(C)cc2)c2cccc(OC)c2)CC1. The highest BCUT2D eigenvalue weighted by atomic mass is 16.5. The Kier molecular flexibility index (Phi) is 8.29. The highest BCUT2D eigenvalue weighted by Crippen LogP contribution is 2.25. The number of benzene rings is 2. The maximum atomic E-state index is 12.2. The maximum Gasteiger partial charge on any atom is 0.222 e. The zero-order valence-electron chi connectivity index (χ0n) is 18.5. The van der Waals surface area contributed by atoms with E-state index in [0.717, 1.165) is 50.5 Å². The van der Waals surface area contributed by atoms with Gasteiger partial charge in [0.05, 0.1) is 19.8 Å². The number of ether oxygens (including phenoxy) is 2. The van der Waals surface area contributed by atoms with E-state index in [0.29, 0.717) is 13.0 Å². The topological polar surface area (TPSA) is 42.0 Å². The molecule has 1 atom stereocenters. The molecule has 1 fully saturated rings. The molecule has 0 aromatic heterocycles. The van der Waals surface area contributed by atoms with Gasteiger partial charge in [-0.05, 0) is 36.6 Å². The molecule has 3 rings (SSSR count). The highest BCUT2D eigenvalue weighted by Gasteiger charge is 2.24. The van der Waals surface area contributed by atoms with Gasteiger partial charge in [0.1, 0.15) is 5.75 Å². The van der Waals surface area contributed by atoms with Crippen molar-refractivity contribution in [3.63, 3.8) is 0 Å². The fourth-order valence-electron chi connectivity index (χ4n) is 3.76. The van der Waals surface area contributed by atoms with Gasteiger partial charge >= 0.3 is 0 Å². The van der Waals surface area contributed by atoms with E-state index in [1.807, 2.05) is 17.0 Å². The predicted octanol–water partition coefficient (Wildman–Crippen LogP) is 4.21. The number of hydrogen-bond acceptors (Lipinski definition) is 4. The lowest BCUT2D eigenvalue weighted by Crippen LogP contribution is -2.49. The molecule has 0 N–H and O–H groups in total. The van der Waals surface area contributed by atoms with E-state index < -0.39 is 0 Å². The number of nitrogens with zero attached hydrogens (tertiary/aromatic N) is 2. The lowest BCUT2D eigenvalue weighted by Gasteiger charge is -2.36. The molecule has 30 heavy (non-hydrogen) atoms. The largest absolute Gasteiger partial charge is 0.497 e. The Morgan fingerprint density at radius 1 is 1.07 bits per heavy atom. The van der Waals surface area contributed by atoms with Crippen LogP contribution >= 0.6 is 0 Å². The summed E-state index contributed by atoms with van der Waals surface area (Å²) in [6.07, 6.45) is 1.50. The Bertz CT molecular complexity index is 798. The monoisotopic (exact) mass is 410 g/mol. The number of piperazine rings is 1. The molecule has 1 aliphatic heterocycles. The van der Waals surface area contributed by atoms with E-state index in [-0.39, 0.29) is 12.0 Å². The predicted molar refractivity (Wildman–Crippen MR) is 120 cm³/mol. The van der Waals surface area contributed by atoms with Crippen LogP contribution in [-0.2, 0) is 16.1 Å². The lowest BCUT2D eigenvalue weighted by atomic mass is 10.1. The molecule has 1 amide bonds. The van der Waals surface area contributed by atoms with Crippen LogP contribution in [0.1, 0.15) is 42.6 Å². The molecule has 0 bridgehead atoms. The second kappa shape index (κ2) is 11.1. The van der Waals surface area contributed by atoms with Crippen molar-refractivity contribution >= 4 is 5.91 Å². The molecule has 1 aliphatic rings. The van der Waals surface area contributed by atoms with Crippen LogP contribution in [0.5, 0.6) is 5.75 Å². The molecule has 162 valence electrons. The van der Waals surface area contributed by atoms with Crippen LogP contribution in [0.25, 0.3) is 0 Å². The average Bonchev–Trinajstić information content (AvgIpc) is 2.78. The van der Waals surface area contributed by atoms with Crippen LogP contribution in [0.15, 0.2) is 48.5 Å². The summed E-state index contributed by atoms with van der Waals surface area (Å²) in [5.41, 5.74) is 3.54. The fraction of sp³-hybridized carbons (Fsp3) is 0.480. The minimum absolute atomic E-state index is 0.0562. The van der Waals surface area contributed by atoms with Crippen molar-refractivity contribution in [2.45, 2.75) is 39.4 Å². The summed E-state index contributed by atoms with van der Waals surface area (Å²) < 4.78 is 11.8. The van der Waals surface area contributed by atoms with Gasteiger partial charge in [-0.15, -0.1) is 0 Å². The highest BCUT2D eigenvalue weighted by molar-refractivity contribution is 5.76. The van der Waals surface area contributed by atoms with Crippen LogP contribution < -0.4 is 4.74 Å². The minimum Gasteiger partial charge on any atom is -0.497 e. The van der Waals surface area contributed by atoms with E-state index in [4.69, 9.17) is 9.47 Å². The van der Waals surface area contributed by atoms with E-state index in [9.17, 15) is 4.79 Å². The molecule has 0 spiro atoms. The second-order valence-corrected chi connectivity index (χ2v) is 7.99. The van der Waals surface area contributed by atoms with Gasteiger partial charge in [0.2, 0.25) is 5.91 Å². The van der Waals surface area contributed by atoms with Crippen molar-refractivity contribution in [1.29, 1.82) is 0 Å². The molecule has 5 heteroatoms. The summed E-state index contributed by atoms with van der Waals surface area (Å²) in [5, 5.41) is 0. The number of aryl methyl sites for hydroxylation is 1. The van der Waals surface area contributed by atoms with Crippen molar-refractivity contribution in [1.82, 2.24) is 9.80 Å². The zero-order chi connectivity index (χ0) is 21.3. The van der Waals surface area contributed by atoms with Crippen molar-refractivity contribution in [2.75, 3.05) is 39.8 Å². The van der Waals surface area contributed by atoms with Gasteiger partial charge in [-0.1, -0.05) is 48.9 Å². The summed E-state index contributed by atoms with van der Waals surface area (Å²) in [5.74, 6) is 1.11. The summed E-state index contributed by atoms with van der Waals surface area (Å²) in [6, 6.07) is 16.6. The smallest absolute Gasteiger partial charge is 0.222 e. The van der Waals surface area contributed by atoms with E-state index in [1.54, 1.807) is 7.11 Å². The summed E-state index contributed by atoms with van der Waals surface area (Å²) in [4.78, 5) is 16.6. The van der Waals surface area contributed by atoms with E-state index >= 15 is 0 Å². The molecule has 2 aromatic rings. The molecule has 1 unspecified atom stereocenters. The number of hydrogen-bond donors (Lipinski definition) is 0. The number of amides is 1. The first-order valence-electron chi connectivity index (χ1n) is 10.9. The second-order valence-electron chi connectivity index (χ2n) is 7.99. The summed E-state index contributed by atoms with van der Waals surface area (Å²) in [6.45, 7) is 8.86. The van der Waals surface area contributed by atoms with Gasteiger partial charge in [0, 0.05) is 39.1 Å². The van der Waals surface area contributed by atoms with Gasteiger partial charge < -0.3 is 14.4 Å². The fourth-order valence-corrected chi connectivity index (χ4v) is 3.76. The zero-order valence-corrected chi connectivity index (χ0v) is 18.5. The quantitative estimate of drug-likeness (QED) is 0.621. The van der Waals surface area contributed by atoms with Gasteiger partial charge in [-0.3, -0.25) is 9.69 Å². The molecular weight excluding hydrogens is 376 g/mol. The Hall–Kier alpha value is -2.37. The van der Waals surface area contributed by atoms with Gasteiger partial charge in [0.15, 0.2) is 0 Å². The third-order valence-electron chi connectivity index (χ3n) is 5.65. The van der Waals surface area contributed by atoms with E-state index in [1.165, 1.54) is 11.1 Å². The maximum absolute atomic E-state index is 12.2. The lowest BCUT2D eigenvalue weighted by molar-refractivity contribution is -0.133. The molecule has 2 aromatic carbocycles. The molecule has 0 aliphatic carbocycles. The number of rotatable bonds is 9. The van der Waals surface area contributed by atoms with Gasteiger partial charge in [-0.2, -0.15) is 0 Å². The van der Waals surface area contributed by atoms with Crippen LogP contribution in [-0.4, -0.2) is 55.5 Å². The third-order valence-corrected chi connectivity index (χ3v) is 5.65. The van der Waals surface area contributed by atoms with Crippen molar-refractivity contribution < 1.29 is 14.3 Å². The first-order chi connectivity index (χ1) is 14.6. The molecule has 5 nitrogen and oxygen atoms in total. The molecule has 1 saturated heterocycles. The van der Waals surface area contributed by atoms with Crippen molar-refractivity contribution in [3.8, 4) is 5.75 Å². The molecular formula is C25H34N2O3. The van der Waals surface area contributed by atoms with Crippen LogP contribution in [0.2, 0.25) is 0 Å². The van der Waals surface area contributed by atoms with Gasteiger partial charge in [-0.25, -0.2) is 0 Å². The third kappa shape index (κ3) is 6.31. The number of carbonyl (C=O) groups excluding carboxylic acids is 1. The molecule has 1 heterocycles. The normalized spacial score (nSPS) is 15.8. The van der Waals surface area contributed by atoms with Crippen LogP contribution in [0, 0.1) is 6.92 Å². The standard InChI is InChI=1S/C25H34N2O3/c1-4-6-25(28)27-15-13-26(14-16-27)18-24(22-7-5-8-23(17-22)29-3)30-19-21-11-9-20(2)10-12-21/h5,7-12,17,24H,4,6,13-16,18-19H2,1-3H3. The Morgan fingerprint density at radius 3 is 2.47 bits per heavy atom. The van der Waals surface area contributed by atoms with Crippen LogP contribution in [0.3, 0.4) is 0 Å². The first-order valence-corrected chi connectivity index (χ1v) is 10.9. The van der Waals surface area contributed by atoms with Crippen molar-refractivity contribution in [2.24, 2.45) is 0 Å². The Morgan fingerprint density at radius 2 is 1.80 bits per heavy atom. The molecule has 0 saturated carbocycles. The Balaban J connectivity index is 1.65. The summed E-state index contributed by atoms with van der Waals surface area (Å²) in [7, 11) is 1.69. The van der Waals surface area contributed by atoms with Gasteiger partial charge in [0.25, 0.3) is 0 Å². The van der Waals surface area contributed by atoms with E-state index in [2.05, 4.69) is 55.1 Å². The number of methoxy groups -OCH3 is 1. The first kappa shape index (κ1) is 22.3. The summed E-state index contributed by atoms with van der Waals surface area (Å²) >= 11 is 0. The van der Waals surface area contributed by atoms with Crippen LogP contribution in [0.4, 0.5) is 0 Å².